The molecule has 0 saturated heterocycles. The molecule has 2 heterocycles. The summed E-state index contributed by atoms with van der Waals surface area (Å²) >= 11 is 1.85. The highest BCUT2D eigenvalue weighted by atomic mass is 32.1. The van der Waals surface area contributed by atoms with Gasteiger partial charge in [-0.1, -0.05) is 140 Å². The number of para-hydroxylation sites is 1. The predicted molar refractivity (Wildman–Crippen MR) is 235 cm³/mol. The summed E-state index contributed by atoms with van der Waals surface area (Å²) in [7, 11) is 0. The van der Waals surface area contributed by atoms with Crippen molar-refractivity contribution in [3.8, 4) is 33.4 Å². The van der Waals surface area contributed by atoms with E-state index in [0.29, 0.717) is 0 Å². The summed E-state index contributed by atoms with van der Waals surface area (Å²) < 4.78 is 8.83. The van der Waals surface area contributed by atoms with E-state index in [1.165, 1.54) is 58.8 Å². The van der Waals surface area contributed by atoms with Gasteiger partial charge in [0.1, 0.15) is 11.2 Å². The van der Waals surface area contributed by atoms with Gasteiger partial charge in [0.05, 0.1) is 0 Å². The number of furan rings is 1. The summed E-state index contributed by atoms with van der Waals surface area (Å²) in [5.41, 5.74) is 12.3. The van der Waals surface area contributed by atoms with Crippen molar-refractivity contribution in [3.05, 3.63) is 200 Å². The van der Waals surface area contributed by atoms with Crippen LogP contribution in [0.4, 0.5) is 17.1 Å². The molecule has 0 amide bonds. The molecule has 0 aliphatic carbocycles. The Hall–Kier alpha value is -6.94. The second-order valence-corrected chi connectivity index (χ2v) is 15.2. The summed E-state index contributed by atoms with van der Waals surface area (Å²) in [6.45, 7) is 0. The maximum absolute atomic E-state index is 6.23. The van der Waals surface area contributed by atoms with Crippen LogP contribution in [0.15, 0.2) is 205 Å². The second kappa shape index (κ2) is 12.9. The van der Waals surface area contributed by atoms with Crippen LogP contribution >= 0.6 is 11.3 Å². The minimum absolute atomic E-state index is 0.906. The van der Waals surface area contributed by atoms with Crippen LogP contribution in [0, 0.1) is 0 Å². The van der Waals surface area contributed by atoms with Gasteiger partial charge in [-0.3, -0.25) is 0 Å². The van der Waals surface area contributed by atoms with Crippen molar-refractivity contribution in [3.63, 3.8) is 0 Å². The van der Waals surface area contributed by atoms with Crippen LogP contribution in [0.5, 0.6) is 0 Å². The SMILES string of the molecule is c1ccc2c(-c3ccc(-c4ccc(N(c5ccc(-c6cccc7oc8ccccc8c67)cc5)c5ccc6sc7ccccc7c6c5)cc4)cc3)cccc2c1. The van der Waals surface area contributed by atoms with Gasteiger partial charge in [-0.15, -0.1) is 11.3 Å². The van der Waals surface area contributed by atoms with E-state index in [2.05, 4.69) is 193 Å². The number of hydrogen-bond acceptors (Lipinski definition) is 3. The van der Waals surface area contributed by atoms with E-state index in [1.807, 2.05) is 23.5 Å². The van der Waals surface area contributed by atoms with Crippen LogP contribution in [0.1, 0.15) is 0 Å². The van der Waals surface area contributed by atoms with Gasteiger partial charge in [-0.25, -0.2) is 0 Å². The molecule has 0 bridgehead atoms. The maximum atomic E-state index is 6.23. The molecule has 258 valence electrons. The van der Waals surface area contributed by atoms with Crippen LogP contribution in [-0.4, -0.2) is 0 Å². The van der Waals surface area contributed by atoms with E-state index in [0.717, 1.165) is 44.6 Å². The Balaban J connectivity index is 0.984. The molecule has 0 unspecified atom stereocenters. The van der Waals surface area contributed by atoms with Crippen molar-refractivity contribution >= 4 is 81.3 Å². The number of anilines is 3. The van der Waals surface area contributed by atoms with Gasteiger partial charge < -0.3 is 9.32 Å². The molecule has 3 heteroatoms. The molecule has 2 aromatic heterocycles. The molecule has 0 fully saturated rings. The van der Waals surface area contributed by atoms with Crippen LogP contribution in [0.3, 0.4) is 0 Å². The van der Waals surface area contributed by atoms with Crippen LogP contribution < -0.4 is 4.90 Å². The molecular weight excluding hydrogens is 687 g/mol. The van der Waals surface area contributed by atoms with E-state index in [4.69, 9.17) is 4.42 Å². The Morgan fingerprint density at radius 2 is 0.873 bits per heavy atom. The zero-order valence-corrected chi connectivity index (χ0v) is 30.6. The molecule has 0 aliphatic rings. The van der Waals surface area contributed by atoms with Crippen molar-refractivity contribution in [2.24, 2.45) is 0 Å². The maximum Gasteiger partial charge on any atom is 0.136 e. The summed E-state index contributed by atoms with van der Waals surface area (Å²) in [5.74, 6) is 0. The van der Waals surface area contributed by atoms with Gasteiger partial charge in [-0.2, -0.15) is 0 Å². The lowest BCUT2D eigenvalue weighted by Crippen LogP contribution is -2.09. The fraction of sp³-hybridized carbons (Fsp3) is 0. The van der Waals surface area contributed by atoms with E-state index >= 15 is 0 Å². The minimum atomic E-state index is 0.906. The first-order valence-electron chi connectivity index (χ1n) is 18.7. The zero-order valence-electron chi connectivity index (χ0n) is 29.8. The zero-order chi connectivity index (χ0) is 36.3. The lowest BCUT2D eigenvalue weighted by molar-refractivity contribution is 0.669. The van der Waals surface area contributed by atoms with Gasteiger partial charge in [0.2, 0.25) is 0 Å². The minimum Gasteiger partial charge on any atom is -0.456 e. The normalized spacial score (nSPS) is 11.6. The fourth-order valence-corrected chi connectivity index (χ4v) is 9.31. The van der Waals surface area contributed by atoms with Gasteiger partial charge in [-0.05, 0) is 105 Å². The Morgan fingerprint density at radius 3 is 1.67 bits per heavy atom. The number of nitrogens with zero attached hydrogens (tertiary/aromatic N) is 1. The summed E-state index contributed by atoms with van der Waals surface area (Å²) in [6, 6.07) is 72.2. The highest BCUT2D eigenvalue weighted by Crippen LogP contribution is 2.43. The molecule has 11 aromatic rings. The number of fused-ring (bicyclic) bond motifs is 7. The largest absolute Gasteiger partial charge is 0.456 e. The van der Waals surface area contributed by atoms with Gasteiger partial charge in [0.15, 0.2) is 0 Å². The first kappa shape index (κ1) is 31.6. The second-order valence-electron chi connectivity index (χ2n) is 14.1. The standard InChI is InChI=1S/C52H33NOS/c1-2-11-42-36(9-1)10-7-14-43(42)37-21-19-34(20-22-37)35-23-27-39(28-24-35)53(41-31-32-51-47(33-41)45-12-4-6-18-50(45)55-51)40-29-25-38(26-30-40)44-15-8-17-49-52(44)46-13-3-5-16-48(46)54-49/h1-33H. The number of thiophene rings is 1. The summed E-state index contributed by atoms with van der Waals surface area (Å²) in [4.78, 5) is 2.37. The van der Waals surface area contributed by atoms with Crippen molar-refractivity contribution in [2.75, 3.05) is 4.90 Å². The molecule has 0 aliphatic heterocycles. The van der Waals surface area contributed by atoms with Crippen molar-refractivity contribution in [1.82, 2.24) is 0 Å². The van der Waals surface area contributed by atoms with E-state index in [1.54, 1.807) is 0 Å². The van der Waals surface area contributed by atoms with Gasteiger partial charge in [0, 0.05) is 48.0 Å². The topological polar surface area (TPSA) is 16.4 Å². The van der Waals surface area contributed by atoms with Crippen molar-refractivity contribution in [2.45, 2.75) is 0 Å². The predicted octanol–water partition coefficient (Wildman–Crippen LogP) is 15.6. The summed E-state index contributed by atoms with van der Waals surface area (Å²) in [5, 5.41) is 7.39. The third-order valence-corrected chi connectivity index (χ3v) is 12.1. The average molecular weight is 720 g/mol. The van der Waals surface area contributed by atoms with Crippen LogP contribution in [-0.2, 0) is 0 Å². The van der Waals surface area contributed by atoms with E-state index in [9.17, 15) is 0 Å². The third-order valence-electron chi connectivity index (χ3n) is 10.9. The third kappa shape index (κ3) is 5.40. The molecule has 0 N–H and O–H groups in total. The number of hydrogen-bond donors (Lipinski definition) is 0. The van der Waals surface area contributed by atoms with Gasteiger partial charge >= 0.3 is 0 Å². The molecule has 0 radical (unpaired) electrons. The van der Waals surface area contributed by atoms with E-state index < -0.39 is 0 Å². The molecule has 2 nitrogen and oxygen atoms in total. The highest BCUT2D eigenvalue weighted by molar-refractivity contribution is 7.25. The highest BCUT2D eigenvalue weighted by Gasteiger charge is 2.17. The average Bonchev–Trinajstić information content (AvgIpc) is 3.83. The Morgan fingerprint density at radius 1 is 0.345 bits per heavy atom. The Bertz CT molecular complexity index is 3180. The molecule has 0 spiro atoms. The monoisotopic (exact) mass is 719 g/mol. The lowest BCUT2D eigenvalue weighted by Gasteiger charge is -2.26. The van der Waals surface area contributed by atoms with Crippen molar-refractivity contribution in [1.29, 1.82) is 0 Å². The summed E-state index contributed by atoms with van der Waals surface area (Å²) in [6.07, 6.45) is 0. The fourth-order valence-electron chi connectivity index (χ4n) is 8.23. The lowest BCUT2D eigenvalue weighted by atomic mass is 9.96. The van der Waals surface area contributed by atoms with Crippen molar-refractivity contribution < 1.29 is 4.42 Å². The molecular formula is C52H33NOS. The first-order chi connectivity index (χ1) is 27.2. The van der Waals surface area contributed by atoms with E-state index in [-0.39, 0.29) is 0 Å². The van der Waals surface area contributed by atoms with Crippen LogP contribution in [0.2, 0.25) is 0 Å². The van der Waals surface area contributed by atoms with Gasteiger partial charge in [0.25, 0.3) is 0 Å². The van der Waals surface area contributed by atoms with Crippen LogP contribution in [0.25, 0.3) is 86.3 Å². The molecule has 55 heavy (non-hydrogen) atoms. The quantitative estimate of drug-likeness (QED) is 0.170. The molecule has 11 rings (SSSR count). The number of rotatable bonds is 6. The smallest absolute Gasteiger partial charge is 0.136 e. The Kier molecular flexibility index (Phi) is 7.39. The number of benzene rings is 9. The molecule has 9 aromatic carbocycles. The molecule has 0 saturated carbocycles. The Labute approximate surface area is 322 Å². The molecule has 0 atom stereocenters. The first-order valence-corrected chi connectivity index (χ1v) is 19.5.